The quantitative estimate of drug-likeness (QED) is 0.933. The van der Waals surface area contributed by atoms with E-state index in [9.17, 15) is 23.5 Å². The number of hydrogen-bond acceptors (Lipinski definition) is 2. The molecule has 22 heavy (non-hydrogen) atoms. The third-order valence-electron chi connectivity index (χ3n) is 4.55. The highest BCUT2D eigenvalue weighted by molar-refractivity contribution is 5.87. The summed E-state index contributed by atoms with van der Waals surface area (Å²) in [5.74, 6) is -3.44. The normalized spacial score (nSPS) is 27.5. The molecular formula is C16H17F2NO3. The van der Waals surface area contributed by atoms with E-state index in [1.165, 1.54) is 11.0 Å². The van der Waals surface area contributed by atoms with Crippen LogP contribution in [0.2, 0.25) is 0 Å². The Kier molecular flexibility index (Phi) is 3.85. The van der Waals surface area contributed by atoms with Crippen LogP contribution < -0.4 is 0 Å². The lowest BCUT2D eigenvalue weighted by atomic mass is 10.0. The smallest absolute Gasteiger partial charge is 0.326 e. The molecule has 3 rings (SSSR count). The molecule has 1 amide bonds. The molecule has 1 aromatic carbocycles. The number of carboxylic acid groups (broad SMARTS) is 1. The number of hydrogen-bond donors (Lipinski definition) is 1. The van der Waals surface area contributed by atoms with Crippen LogP contribution in [0, 0.1) is 17.6 Å². The van der Waals surface area contributed by atoms with Crippen LogP contribution in [-0.2, 0) is 9.59 Å². The lowest BCUT2D eigenvalue weighted by Crippen LogP contribution is -2.48. The first-order chi connectivity index (χ1) is 10.5. The summed E-state index contributed by atoms with van der Waals surface area (Å²) in [5, 5.41) is 9.22. The van der Waals surface area contributed by atoms with Gasteiger partial charge < -0.3 is 10.0 Å². The Bertz CT molecular complexity index is 619. The highest BCUT2D eigenvalue weighted by Crippen LogP contribution is 2.49. The van der Waals surface area contributed by atoms with Gasteiger partial charge in [-0.2, -0.15) is 0 Å². The number of carboxylic acids is 1. The molecule has 2 aliphatic rings. The van der Waals surface area contributed by atoms with E-state index in [2.05, 4.69) is 0 Å². The Labute approximate surface area is 126 Å². The summed E-state index contributed by atoms with van der Waals surface area (Å²) in [6, 6.07) is 2.91. The average Bonchev–Trinajstić information content (AvgIpc) is 3.30. The van der Waals surface area contributed by atoms with E-state index in [1.807, 2.05) is 0 Å². The predicted molar refractivity (Wildman–Crippen MR) is 74.2 cm³/mol. The van der Waals surface area contributed by atoms with Crippen molar-refractivity contribution in [1.82, 2.24) is 4.90 Å². The second-order valence-electron chi connectivity index (χ2n) is 6.00. The Morgan fingerprint density at radius 2 is 1.95 bits per heavy atom. The van der Waals surface area contributed by atoms with Crippen molar-refractivity contribution in [2.45, 2.75) is 37.6 Å². The highest BCUT2D eigenvalue weighted by Gasteiger charge is 2.48. The molecule has 1 aromatic rings. The average molecular weight is 309 g/mol. The Hall–Kier alpha value is -1.98. The van der Waals surface area contributed by atoms with E-state index in [4.69, 9.17) is 0 Å². The number of rotatable bonds is 3. The van der Waals surface area contributed by atoms with Gasteiger partial charge in [0.25, 0.3) is 0 Å². The molecule has 4 nitrogen and oxygen atoms in total. The number of carbonyl (C=O) groups is 2. The SMILES string of the molecule is O=C(O)[C@H]1CCCCN1C(=O)C1CC1c1ccc(F)c(F)c1. The van der Waals surface area contributed by atoms with Crippen molar-refractivity contribution in [1.29, 1.82) is 0 Å². The summed E-state index contributed by atoms with van der Waals surface area (Å²) in [4.78, 5) is 25.2. The minimum atomic E-state index is -0.974. The number of nitrogens with zero attached hydrogens (tertiary/aromatic N) is 1. The minimum Gasteiger partial charge on any atom is -0.480 e. The molecule has 1 saturated heterocycles. The van der Waals surface area contributed by atoms with Gasteiger partial charge in [-0.05, 0) is 49.3 Å². The van der Waals surface area contributed by atoms with Crippen molar-refractivity contribution in [2.75, 3.05) is 6.54 Å². The fourth-order valence-electron chi connectivity index (χ4n) is 3.24. The molecule has 1 N–H and O–H groups in total. The standard InChI is InChI=1S/C16H17F2NO3/c17-12-5-4-9(7-13(12)18)10-8-11(10)15(20)19-6-2-1-3-14(19)16(21)22/h4-5,7,10-11,14H,1-3,6,8H2,(H,21,22)/t10?,11?,14-/m1/s1. The number of carbonyl (C=O) groups excluding carboxylic acids is 1. The molecular weight excluding hydrogens is 292 g/mol. The van der Waals surface area contributed by atoms with E-state index in [0.717, 1.165) is 25.0 Å². The fraction of sp³-hybridized carbons (Fsp3) is 0.500. The van der Waals surface area contributed by atoms with Crippen LogP contribution in [0.4, 0.5) is 8.78 Å². The number of benzene rings is 1. The third kappa shape index (κ3) is 2.69. The number of halogens is 2. The zero-order chi connectivity index (χ0) is 15.9. The maximum Gasteiger partial charge on any atom is 0.326 e. The van der Waals surface area contributed by atoms with Crippen LogP contribution in [-0.4, -0.2) is 34.5 Å². The second kappa shape index (κ2) is 5.66. The first-order valence-corrected chi connectivity index (χ1v) is 7.47. The summed E-state index contributed by atoms with van der Waals surface area (Å²) in [5.41, 5.74) is 0.598. The first-order valence-electron chi connectivity index (χ1n) is 7.47. The van der Waals surface area contributed by atoms with E-state index in [-0.39, 0.29) is 17.7 Å². The topological polar surface area (TPSA) is 57.6 Å². The van der Waals surface area contributed by atoms with E-state index in [1.54, 1.807) is 0 Å². The van der Waals surface area contributed by atoms with Gasteiger partial charge in [-0.15, -0.1) is 0 Å². The number of piperidine rings is 1. The van der Waals surface area contributed by atoms with Gasteiger partial charge >= 0.3 is 5.97 Å². The van der Waals surface area contributed by atoms with Gasteiger partial charge in [0.15, 0.2) is 11.6 Å². The van der Waals surface area contributed by atoms with Crippen molar-refractivity contribution < 1.29 is 23.5 Å². The Morgan fingerprint density at radius 1 is 1.18 bits per heavy atom. The fourth-order valence-corrected chi connectivity index (χ4v) is 3.24. The van der Waals surface area contributed by atoms with Crippen LogP contribution in [0.3, 0.4) is 0 Å². The molecule has 0 spiro atoms. The minimum absolute atomic E-state index is 0.140. The molecule has 1 heterocycles. The van der Waals surface area contributed by atoms with Gasteiger partial charge in [0.2, 0.25) is 5.91 Å². The molecule has 2 fully saturated rings. The lowest BCUT2D eigenvalue weighted by Gasteiger charge is -2.33. The van der Waals surface area contributed by atoms with E-state index in [0.29, 0.717) is 24.9 Å². The van der Waals surface area contributed by atoms with Gasteiger partial charge in [0.05, 0.1) is 0 Å². The molecule has 1 saturated carbocycles. The van der Waals surface area contributed by atoms with E-state index >= 15 is 0 Å². The summed E-state index contributed by atoms with van der Waals surface area (Å²) in [6.45, 7) is 0.455. The summed E-state index contributed by atoms with van der Waals surface area (Å²) in [7, 11) is 0. The Balaban J connectivity index is 1.71. The highest BCUT2D eigenvalue weighted by atomic mass is 19.2. The van der Waals surface area contributed by atoms with Crippen LogP contribution in [0.1, 0.15) is 37.2 Å². The van der Waals surface area contributed by atoms with Gasteiger partial charge in [-0.1, -0.05) is 6.07 Å². The maximum absolute atomic E-state index is 13.3. The van der Waals surface area contributed by atoms with Crippen LogP contribution >= 0.6 is 0 Å². The molecule has 1 aliphatic carbocycles. The van der Waals surface area contributed by atoms with Gasteiger partial charge in [-0.3, -0.25) is 4.79 Å². The molecule has 6 heteroatoms. The predicted octanol–water partition coefficient (Wildman–Crippen LogP) is 2.53. The van der Waals surface area contributed by atoms with Crippen molar-refractivity contribution >= 4 is 11.9 Å². The summed E-state index contributed by atoms with van der Waals surface area (Å²) >= 11 is 0. The second-order valence-corrected chi connectivity index (χ2v) is 6.00. The molecule has 0 radical (unpaired) electrons. The largest absolute Gasteiger partial charge is 0.480 e. The lowest BCUT2D eigenvalue weighted by molar-refractivity contribution is -0.152. The summed E-state index contributed by atoms with van der Waals surface area (Å²) in [6.07, 6.45) is 2.65. The van der Waals surface area contributed by atoms with Gasteiger partial charge in [-0.25, -0.2) is 13.6 Å². The third-order valence-corrected chi connectivity index (χ3v) is 4.55. The van der Waals surface area contributed by atoms with Crippen molar-refractivity contribution in [3.05, 3.63) is 35.4 Å². The number of aliphatic carboxylic acids is 1. The van der Waals surface area contributed by atoms with Crippen molar-refractivity contribution in [3.63, 3.8) is 0 Å². The number of amides is 1. The van der Waals surface area contributed by atoms with Crippen LogP contribution in [0.15, 0.2) is 18.2 Å². The zero-order valence-electron chi connectivity index (χ0n) is 12.0. The molecule has 118 valence electrons. The molecule has 2 unspecified atom stereocenters. The van der Waals surface area contributed by atoms with Gasteiger partial charge in [0.1, 0.15) is 6.04 Å². The molecule has 1 aliphatic heterocycles. The van der Waals surface area contributed by atoms with E-state index < -0.39 is 23.6 Å². The zero-order valence-corrected chi connectivity index (χ0v) is 12.0. The molecule has 0 bridgehead atoms. The molecule has 3 atom stereocenters. The number of likely N-dealkylation sites (tertiary alicyclic amines) is 1. The van der Waals surface area contributed by atoms with Crippen LogP contribution in [0.25, 0.3) is 0 Å². The van der Waals surface area contributed by atoms with Gasteiger partial charge in [0, 0.05) is 12.5 Å². The summed E-state index contributed by atoms with van der Waals surface area (Å²) < 4.78 is 26.2. The maximum atomic E-state index is 13.3. The Morgan fingerprint density at radius 3 is 2.64 bits per heavy atom. The van der Waals surface area contributed by atoms with Crippen molar-refractivity contribution in [2.24, 2.45) is 5.92 Å². The monoisotopic (exact) mass is 309 g/mol. The first kappa shape index (κ1) is 14.9. The molecule has 0 aromatic heterocycles. The van der Waals surface area contributed by atoms with Crippen molar-refractivity contribution in [3.8, 4) is 0 Å². The van der Waals surface area contributed by atoms with Crippen LogP contribution in [0.5, 0.6) is 0 Å².